The van der Waals surface area contributed by atoms with E-state index in [4.69, 9.17) is 4.99 Å². The Morgan fingerprint density at radius 1 is 0.920 bits per heavy atom. The molecule has 0 aliphatic carbocycles. The number of hydrogen-bond acceptors (Lipinski definition) is 2. The Morgan fingerprint density at radius 2 is 1.64 bits per heavy atom. The SMILES string of the molecule is CC(C)CN1C(=O)C(=Nc2cccc3ccccc23)c2ccccc21. The molecule has 3 aromatic rings. The number of para-hydroxylation sites is 1. The van der Waals surface area contributed by atoms with Crippen LogP contribution in [-0.4, -0.2) is 18.2 Å². The number of rotatable bonds is 3. The molecule has 0 atom stereocenters. The Morgan fingerprint density at radius 3 is 2.48 bits per heavy atom. The predicted octanol–water partition coefficient (Wildman–Crippen LogP) is 4.96. The summed E-state index contributed by atoms with van der Waals surface area (Å²) < 4.78 is 0. The van der Waals surface area contributed by atoms with Gasteiger partial charge in [0.05, 0.1) is 11.4 Å². The third-order valence-electron chi connectivity index (χ3n) is 4.44. The van der Waals surface area contributed by atoms with Gasteiger partial charge in [0.15, 0.2) is 0 Å². The van der Waals surface area contributed by atoms with Gasteiger partial charge in [0.2, 0.25) is 0 Å². The van der Waals surface area contributed by atoms with Crippen LogP contribution in [-0.2, 0) is 4.79 Å². The highest BCUT2D eigenvalue weighted by atomic mass is 16.2. The third kappa shape index (κ3) is 2.72. The summed E-state index contributed by atoms with van der Waals surface area (Å²) in [7, 11) is 0. The fourth-order valence-corrected chi connectivity index (χ4v) is 3.34. The lowest BCUT2D eigenvalue weighted by molar-refractivity contribution is -0.112. The molecule has 0 N–H and O–H groups in total. The topological polar surface area (TPSA) is 32.7 Å². The molecule has 0 aromatic heterocycles. The monoisotopic (exact) mass is 328 g/mol. The van der Waals surface area contributed by atoms with E-state index >= 15 is 0 Å². The Kier molecular flexibility index (Phi) is 3.85. The first-order valence-electron chi connectivity index (χ1n) is 8.63. The Labute approximate surface area is 147 Å². The highest BCUT2D eigenvalue weighted by Crippen LogP contribution is 2.33. The van der Waals surface area contributed by atoms with E-state index in [0.29, 0.717) is 18.2 Å². The van der Waals surface area contributed by atoms with Crippen molar-refractivity contribution in [1.29, 1.82) is 0 Å². The molecular weight excluding hydrogens is 308 g/mol. The van der Waals surface area contributed by atoms with Crippen molar-refractivity contribution >= 4 is 33.8 Å². The number of nitrogens with zero attached hydrogens (tertiary/aromatic N) is 2. The second kappa shape index (κ2) is 6.17. The number of hydrogen-bond donors (Lipinski definition) is 0. The van der Waals surface area contributed by atoms with E-state index in [1.54, 1.807) is 0 Å². The van der Waals surface area contributed by atoms with Crippen LogP contribution in [0.15, 0.2) is 71.7 Å². The third-order valence-corrected chi connectivity index (χ3v) is 4.44. The van der Waals surface area contributed by atoms with Crippen LogP contribution in [0.3, 0.4) is 0 Å². The summed E-state index contributed by atoms with van der Waals surface area (Å²) in [5.41, 5.74) is 3.25. The van der Waals surface area contributed by atoms with Gasteiger partial charge in [0.25, 0.3) is 5.91 Å². The van der Waals surface area contributed by atoms with Gasteiger partial charge in [0.1, 0.15) is 5.71 Å². The van der Waals surface area contributed by atoms with Crippen molar-refractivity contribution in [3.05, 3.63) is 72.3 Å². The minimum Gasteiger partial charge on any atom is -0.306 e. The molecule has 0 spiro atoms. The van der Waals surface area contributed by atoms with Crippen molar-refractivity contribution in [2.45, 2.75) is 13.8 Å². The molecule has 0 fully saturated rings. The maximum Gasteiger partial charge on any atom is 0.277 e. The van der Waals surface area contributed by atoms with Crippen molar-refractivity contribution in [2.24, 2.45) is 10.9 Å². The first-order valence-corrected chi connectivity index (χ1v) is 8.63. The van der Waals surface area contributed by atoms with Crippen LogP contribution in [0.2, 0.25) is 0 Å². The molecule has 1 aliphatic rings. The van der Waals surface area contributed by atoms with Gasteiger partial charge in [-0.05, 0) is 23.4 Å². The summed E-state index contributed by atoms with van der Waals surface area (Å²) in [6.45, 7) is 4.94. The summed E-state index contributed by atoms with van der Waals surface area (Å²) in [6.07, 6.45) is 0. The van der Waals surface area contributed by atoms with E-state index < -0.39 is 0 Å². The van der Waals surface area contributed by atoms with Gasteiger partial charge in [-0.3, -0.25) is 4.79 Å². The van der Waals surface area contributed by atoms with Crippen molar-refractivity contribution < 1.29 is 4.79 Å². The maximum absolute atomic E-state index is 13.0. The van der Waals surface area contributed by atoms with Crippen molar-refractivity contribution in [2.75, 3.05) is 11.4 Å². The predicted molar refractivity (Wildman–Crippen MR) is 104 cm³/mol. The number of amides is 1. The average molecular weight is 328 g/mol. The van der Waals surface area contributed by atoms with Crippen LogP contribution in [0.1, 0.15) is 19.4 Å². The van der Waals surface area contributed by atoms with Crippen LogP contribution in [0, 0.1) is 5.92 Å². The Balaban J connectivity index is 1.87. The first-order chi connectivity index (χ1) is 12.1. The van der Waals surface area contributed by atoms with Crippen molar-refractivity contribution in [3.63, 3.8) is 0 Å². The van der Waals surface area contributed by atoms with Crippen LogP contribution >= 0.6 is 0 Å². The summed E-state index contributed by atoms with van der Waals surface area (Å²) in [5, 5.41) is 2.19. The second-order valence-corrected chi connectivity index (χ2v) is 6.79. The molecule has 1 amide bonds. The van der Waals surface area contributed by atoms with Gasteiger partial charge in [0, 0.05) is 17.5 Å². The van der Waals surface area contributed by atoms with E-state index in [1.807, 2.05) is 59.5 Å². The maximum atomic E-state index is 13.0. The standard InChI is InChI=1S/C22H20N2O/c1-15(2)14-24-20-13-6-5-11-18(20)21(22(24)25)23-19-12-7-9-16-8-3-4-10-17(16)19/h3-13,15H,14H2,1-2H3. The molecule has 4 rings (SSSR count). The molecule has 25 heavy (non-hydrogen) atoms. The van der Waals surface area contributed by atoms with Gasteiger partial charge in [-0.25, -0.2) is 4.99 Å². The molecule has 0 radical (unpaired) electrons. The second-order valence-electron chi connectivity index (χ2n) is 6.79. The summed E-state index contributed by atoms with van der Waals surface area (Å²) in [5.74, 6) is 0.386. The molecule has 0 unspecified atom stereocenters. The number of aliphatic imine (C=N–C) groups is 1. The van der Waals surface area contributed by atoms with Crippen molar-refractivity contribution in [3.8, 4) is 0 Å². The van der Waals surface area contributed by atoms with Gasteiger partial charge < -0.3 is 4.90 Å². The van der Waals surface area contributed by atoms with Crippen LogP contribution in [0.4, 0.5) is 11.4 Å². The minimum atomic E-state index is -0.0113. The van der Waals surface area contributed by atoms with E-state index in [0.717, 1.165) is 27.7 Å². The molecule has 0 bridgehead atoms. The average Bonchev–Trinajstić information content (AvgIpc) is 2.88. The molecule has 3 heteroatoms. The lowest BCUT2D eigenvalue weighted by Crippen LogP contribution is -2.33. The molecule has 1 aliphatic heterocycles. The summed E-state index contributed by atoms with van der Waals surface area (Å²) in [4.78, 5) is 19.7. The minimum absolute atomic E-state index is 0.0113. The van der Waals surface area contributed by atoms with Crippen molar-refractivity contribution in [1.82, 2.24) is 0 Å². The molecule has 1 heterocycles. The Bertz CT molecular complexity index is 983. The zero-order chi connectivity index (χ0) is 17.4. The van der Waals surface area contributed by atoms with Crippen LogP contribution < -0.4 is 4.90 Å². The van der Waals surface area contributed by atoms with Gasteiger partial charge >= 0.3 is 0 Å². The van der Waals surface area contributed by atoms with E-state index in [9.17, 15) is 4.79 Å². The number of fused-ring (bicyclic) bond motifs is 2. The zero-order valence-electron chi connectivity index (χ0n) is 14.4. The number of carbonyl (C=O) groups excluding carboxylic acids is 1. The first kappa shape index (κ1) is 15.6. The number of benzene rings is 3. The molecule has 0 saturated carbocycles. The Hall–Kier alpha value is -2.94. The molecule has 0 saturated heterocycles. The lowest BCUT2D eigenvalue weighted by Gasteiger charge is -2.18. The van der Waals surface area contributed by atoms with Gasteiger partial charge in [-0.1, -0.05) is 68.4 Å². The quantitative estimate of drug-likeness (QED) is 0.668. The molecule has 3 nitrogen and oxygen atoms in total. The molecule has 3 aromatic carbocycles. The normalized spacial score (nSPS) is 15.4. The number of carbonyl (C=O) groups is 1. The van der Waals surface area contributed by atoms with Crippen LogP contribution in [0.25, 0.3) is 10.8 Å². The van der Waals surface area contributed by atoms with Gasteiger partial charge in [-0.15, -0.1) is 0 Å². The van der Waals surface area contributed by atoms with E-state index in [1.165, 1.54) is 0 Å². The highest BCUT2D eigenvalue weighted by Gasteiger charge is 2.33. The summed E-state index contributed by atoms with van der Waals surface area (Å²) in [6, 6.07) is 22.1. The van der Waals surface area contributed by atoms with E-state index in [2.05, 4.69) is 26.0 Å². The molecular formula is C22H20N2O. The van der Waals surface area contributed by atoms with E-state index in [-0.39, 0.29) is 5.91 Å². The zero-order valence-corrected chi connectivity index (χ0v) is 14.4. The highest BCUT2D eigenvalue weighted by molar-refractivity contribution is 6.54. The van der Waals surface area contributed by atoms with Gasteiger partial charge in [-0.2, -0.15) is 0 Å². The number of anilines is 1. The smallest absolute Gasteiger partial charge is 0.277 e. The van der Waals surface area contributed by atoms with Crippen LogP contribution in [0.5, 0.6) is 0 Å². The lowest BCUT2D eigenvalue weighted by atomic mass is 10.1. The summed E-state index contributed by atoms with van der Waals surface area (Å²) >= 11 is 0. The fraction of sp³-hybridized carbons (Fsp3) is 0.182. The largest absolute Gasteiger partial charge is 0.306 e. The molecule has 124 valence electrons. The fourth-order valence-electron chi connectivity index (χ4n) is 3.34.